The first-order valence-corrected chi connectivity index (χ1v) is 11.3. The fourth-order valence-electron chi connectivity index (χ4n) is 3.72. The van der Waals surface area contributed by atoms with Crippen molar-refractivity contribution >= 4 is 26.5 Å². The highest BCUT2D eigenvalue weighted by Crippen LogP contribution is 2.31. The Kier molecular flexibility index (Phi) is 5.47. The van der Waals surface area contributed by atoms with Gasteiger partial charge in [-0.15, -0.1) is 0 Å². The first kappa shape index (κ1) is 19.7. The van der Waals surface area contributed by atoms with Crippen molar-refractivity contribution in [3.05, 3.63) is 54.7 Å². The average molecular weight is 415 g/mol. The van der Waals surface area contributed by atoms with Gasteiger partial charge in [-0.25, -0.2) is 17.7 Å². The second-order valence-electron chi connectivity index (χ2n) is 7.18. The van der Waals surface area contributed by atoms with E-state index in [1.54, 1.807) is 35.8 Å². The maximum Gasteiger partial charge on any atom is 0.213 e. The Balaban J connectivity index is 1.62. The predicted molar refractivity (Wildman–Crippen MR) is 113 cm³/mol. The first-order valence-electron chi connectivity index (χ1n) is 9.71. The van der Waals surface area contributed by atoms with Crippen LogP contribution in [-0.2, 0) is 10.0 Å². The number of aromatic nitrogens is 2. The molecule has 0 bridgehead atoms. The standard InChI is InChI=1S/C21H23FN4O2S/c1-2-29(27,28)26-10-7-17(8-11-26)24-20-13-16(19-4-3-5-21(22)25-19)12-15-6-9-23-14-18(15)20/h3-6,9,12-14,17,24H,2,7-8,10-11H2,1H3. The molecular weight excluding hydrogens is 391 g/mol. The fraction of sp³-hybridized carbons (Fsp3) is 0.333. The van der Waals surface area contributed by atoms with Gasteiger partial charge in [0, 0.05) is 48.2 Å². The Hall–Kier alpha value is -2.58. The molecule has 0 aliphatic carbocycles. The van der Waals surface area contributed by atoms with Gasteiger partial charge < -0.3 is 5.32 Å². The van der Waals surface area contributed by atoms with Gasteiger partial charge in [-0.1, -0.05) is 6.07 Å². The van der Waals surface area contributed by atoms with E-state index in [1.165, 1.54) is 6.07 Å². The quantitative estimate of drug-likeness (QED) is 0.645. The van der Waals surface area contributed by atoms with Crippen LogP contribution in [0.1, 0.15) is 19.8 Å². The molecule has 0 atom stereocenters. The summed E-state index contributed by atoms with van der Waals surface area (Å²) in [5.74, 6) is -0.388. The van der Waals surface area contributed by atoms with E-state index in [1.807, 2.05) is 18.2 Å². The summed E-state index contributed by atoms with van der Waals surface area (Å²) >= 11 is 0. The van der Waals surface area contributed by atoms with Crippen molar-refractivity contribution < 1.29 is 12.8 Å². The van der Waals surface area contributed by atoms with Gasteiger partial charge in [0.05, 0.1) is 11.4 Å². The molecule has 1 aromatic carbocycles. The third-order valence-corrected chi connectivity index (χ3v) is 7.22. The summed E-state index contributed by atoms with van der Waals surface area (Å²) in [6.07, 6.45) is 4.98. The topological polar surface area (TPSA) is 75.2 Å². The molecule has 2 aromatic heterocycles. The van der Waals surface area contributed by atoms with Gasteiger partial charge in [0.25, 0.3) is 0 Å². The first-order chi connectivity index (χ1) is 14.0. The van der Waals surface area contributed by atoms with Gasteiger partial charge in [-0.2, -0.15) is 4.39 Å². The lowest BCUT2D eigenvalue weighted by molar-refractivity contribution is 0.330. The SMILES string of the molecule is CCS(=O)(=O)N1CCC(Nc2cc(-c3cccc(F)n3)cc3ccncc23)CC1. The highest BCUT2D eigenvalue weighted by molar-refractivity contribution is 7.89. The number of sulfonamides is 1. The maximum atomic E-state index is 13.6. The Morgan fingerprint density at radius 2 is 2.00 bits per heavy atom. The summed E-state index contributed by atoms with van der Waals surface area (Å²) < 4.78 is 39.3. The molecule has 8 heteroatoms. The minimum absolute atomic E-state index is 0.129. The molecule has 3 aromatic rings. The number of hydrogen-bond donors (Lipinski definition) is 1. The van der Waals surface area contributed by atoms with Crippen LogP contribution in [0.4, 0.5) is 10.1 Å². The normalized spacial score (nSPS) is 16.2. The molecule has 1 aliphatic heterocycles. The van der Waals surface area contributed by atoms with Gasteiger partial charge in [0.2, 0.25) is 16.0 Å². The van der Waals surface area contributed by atoms with Gasteiger partial charge in [-0.3, -0.25) is 4.98 Å². The number of nitrogens with zero attached hydrogens (tertiary/aromatic N) is 3. The zero-order chi connectivity index (χ0) is 20.4. The second kappa shape index (κ2) is 8.04. The molecule has 1 aliphatic rings. The van der Waals surface area contributed by atoms with E-state index in [0.717, 1.165) is 34.9 Å². The third kappa shape index (κ3) is 4.23. The highest BCUT2D eigenvalue weighted by Gasteiger charge is 2.26. The van der Waals surface area contributed by atoms with Crippen LogP contribution in [0.3, 0.4) is 0 Å². The van der Waals surface area contributed by atoms with E-state index in [-0.39, 0.29) is 11.8 Å². The molecule has 1 N–H and O–H groups in total. The minimum Gasteiger partial charge on any atom is -0.382 e. The molecular formula is C21H23FN4O2S. The number of rotatable bonds is 5. The van der Waals surface area contributed by atoms with Crippen LogP contribution in [0.15, 0.2) is 48.8 Å². The Morgan fingerprint density at radius 1 is 1.21 bits per heavy atom. The summed E-state index contributed by atoms with van der Waals surface area (Å²) in [6.45, 7) is 2.69. The van der Waals surface area contributed by atoms with Gasteiger partial charge in [-0.05, 0) is 55.5 Å². The average Bonchev–Trinajstić information content (AvgIpc) is 2.74. The number of piperidine rings is 1. The molecule has 0 amide bonds. The smallest absolute Gasteiger partial charge is 0.213 e. The molecule has 1 fully saturated rings. The maximum absolute atomic E-state index is 13.6. The molecule has 0 spiro atoms. The lowest BCUT2D eigenvalue weighted by Crippen LogP contribution is -2.42. The molecule has 4 rings (SSSR count). The molecule has 3 heterocycles. The van der Waals surface area contributed by atoms with Crippen molar-refractivity contribution in [1.29, 1.82) is 0 Å². The van der Waals surface area contributed by atoms with Crippen LogP contribution in [0, 0.1) is 5.95 Å². The lowest BCUT2D eigenvalue weighted by atomic mass is 10.0. The van der Waals surface area contributed by atoms with Gasteiger partial charge in [0.15, 0.2) is 0 Å². The van der Waals surface area contributed by atoms with Gasteiger partial charge >= 0.3 is 0 Å². The number of benzene rings is 1. The number of nitrogens with one attached hydrogen (secondary N) is 1. The summed E-state index contributed by atoms with van der Waals surface area (Å²) in [5, 5.41) is 5.51. The van der Waals surface area contributed by atoms with E-state index in [4.69, 9.17) is 0 Å². The zero-order valence-electron chi connectivity index (χ0n) is 16.2. The van der Waals surface area contributed by atoms with Crippen molar-refractivity contribution in [1.82, 2.24) is 14.3 Å². The molecule has 29 heavy (non-hydrogen) atoms. The Bertz CT molecular complexity index is 1130. The van der Waals surface area contributed by atoms with E-state index in [0.29, 0.717) is 18.8 Å². The fourth-order valence-corrected chi connectivity index (χ4v) is 4.85. The van der Waals surface area contributed by atoms with Crippen molar-refractivity contribution in [3.8, 4) is 11.3 Å². The van der Waals surface area contributed by atoms with E-state index in [9.17, 15) is 12.8 Å². The molecule has 0 radical (unpaired) electrons. The molecule has 0 saturated carbocycles. The Morgan fingerprint density at radius 3 is 2.72 bits per heavy atom. The van der Waals surface area contributed by atoms with Gasteiger partial charge in [0.1, 0.15) is 0 Å². The van der Waals surface area contributed by atoms with Crippen LogP contribution >= 0.6 is 0 Å². The molecule has 0 unspecified atom stereocenters. The van der Waals surface area contributed by atoms with Crippen molar-refractivity contribution in [2.24, 2.45) is 0 Å². The lowest BCUT2D eigenvalue weighted by Gasteiger charge is -2.32. The van der Waals surface area contributed by atoms with E-state index < -0.39 is 16.0 Å². The minimum atomic E-state index is -3.15. The van der Waals surface area contributed by atoms with Crippen LogP contribution in [0.2, 0.25) is 0 Å². The van der Waals surface area contributed by atoms with E-state index in [2.05, 4.69) is 15.3 Å². The third-order valence-electron chi connectivity index (χ3n) is 5.34. The summed E-state index contributed by atoms with van der Waals surface area (Å²) in [4.78, 5) is 8.24. The largest absolute Gasteiger partial charge is 0.382 e. The van der Waals surface area contributed by atoms with Crippen LogP contribution in [0.25, 0.3) is 22.0 Å². The number of anilines is 1. The summed E-state index contributed by atoms with van der Waals surface area (Å²) in [6, 6.07) is 10.7. The Labute approximate surface area is 169 Å². The molecule has 6 nitrogen and oxygen atoms in total. The number of halogens is 1. The molecule has 1 saturated heterocycles. The van der Waals surface area contributed by atoms with Crippen LogP contribution < -0.4 is 5.32 Å². The monoisotopic (exact) mass is 414 g/mol. The number of fused-ring (bicyclic) bond motifs is 1. The number of pyridine rings is 2. The van der Waals surface area contributed by atoms with Crippen molar-refractivity contribution in [2.45, 2.75) is 25.8 Å². The summed E-state index contributed by atoms with van der Waals surface area (Å²) in [7, 11) is -3.15. The number of hydrogen-bond acceptors (Lipinski definition) is 5. The van der Waals surface area contributed by atoms with Crippen molar-refractivity contribution in [2.75, 3.05) is 24.2 Å². The van der Waals surface area contributed by atoms with Crippen molar-refractivity contribution in [3.63, 3.8) is 0 Å². The predicted octanol–water partition coefficient (Wildman–Crippen LogP) is 3.66. The zero-order valence-corrected chi connectivity index (χ0v) is 17.0. The summed E-state index contributed by atoms with van der Waals surface area (Å²) in [5.41, 5.74) is 2.28. The van der Waals surface area contributed by atoms with Crippen LogP contribution in [-0.4, -0.2) is 47.6 Å². The van der Waals surface area contributed by atoms with E-state index >= 15 is 0 Å². The van der Waals surface area contributed by atoms with Crippen LogP contribution in [0.5, 0.6) is 0 Å². The molecule has 152 valence electrons. The highest BCUT2D eigenvalue weighted by atomic mass is 32.2. The second-order valence-corrected chi connectivity index (χ2v) is 9.44.